The molecule has 0 saturated heterocycles. The number of nitrogens with zero attached hydrogens (tertiary/aromatic N) is 2. The maximum atomic E-state index is 10.8. The molecule has 11 heavy (non-hydrogen) atoms. The molecule has 0 amide bonds. The van der Waals surface area contributed by atoms with Gasteiger partial charge in [-0.05, 0) is 5.18 Å². The van der Waals surface area contributed by atoms with E-state index in [1.165, 1.54) is 13.3 Å². The van der Waals surface area contributed by atoms with Crippen LogP contribution in [0.5, 0.6) is 0 Å². The first-order valence-corrected chi connectivity index (χ1v) is 2.75. The number of carbonyl (C=O) groups excluding carboxylic acids is 1. The third kappa shape index (κ3) is 1.23. The van der Waals surface area contributed by atoms with Crippen LogP contribution in [0.1, 0.15) is 10.5 Å². The number of hydrogen-bond donors (Lipinski definition) is 1. The van der Waals surface area contributed by atoms with Crippen LogP contribution in [0.3, 0.4) is 0 Å². The van der Waals surface area contributed by atoms with Gasteiger partial charge in [-0.25, -0.2) is 4.79 Å². The molecule has 0 aromatic carbocycles. The summed E-state index contributed by atoms with van der Waals surface area (Å²) in [6.07, 6.45) is 1.22. The van der Waals surface area contributed by atoms with Crippen molar-refractivity contribution < 1.29 is 9.53 Å². The molecule has 1 aromatic heterocycles. The Kier molecular flexibility index (Phi) is 1.95. The molecule has 6 heteroatoms. The number of carbonyl (C=O) groups is 1. The third-order valence-electron chi connectivity index (χ3n) is 1.10. The van der Waals surface area contributed by atoms with E-state index in [9.17, 15) is 9.70 Å². The molecule has 58 valence electrons. The summed E-state index contributed by atoms with van der Waals surface area (Å²) in [6.45, 7) is 0. The van der Waals surface area contributed by atoms with E-state index in [-0.39, 0.29) is 11.4 Å². The first-order valence-electron chi connectivity index (χ1n) is 2.75. The summed E-state index contributed by atoms with van der Waals surface area (Å²) in [7, 11) is 1.20. The number of nitrogens with one attached hydrogen (secondary N) is 1. The Morgan fingerprint density at radius 1 is 1.82 bits per heavy atom. The van der Waals surface area contributed by atoms with Crippen molar-refractivity contribution >= 4 is 11.7 Å². The predicted molar refractivity (Wildman–Crippen MR) is 35.4 cm³/mol. The number of hydrogen-bond acceptors (Lipinski definition) is 5. The highest BCUT2D eigenvalue weighted by atomic mass is 16.5. The van der Waals surface area contributed by atoms with Crippen molar-refractivity contribution in [2.24, 2.45) is 5.18 Å². The van der Waals surface area contributed by atoms with E-state index >= 15 is 0 Å². The molecule has 0 unspecified atom stereocenters. The minimum absolute atomic E-state index is 0.0446. The average molecular weight is 155 g/mol. The Hall–Kier alpha value is -1.72. The molecule has 0 radical (unpaired) electrons. The molecular formula is C5H5N3O3. The summed E-state index contributed by atoms with van der Waals surface area (Å²) in [5.74, 6) is -0.680. The lowest BCUT2D eigenvalue weighted by Crippen LogP contribution is -2.01. The molecule has 0 spiro atoms. The van der Waals surface area contributed by atoms with Gasteiger partial charge < -0.3 is 4.74 Å². The number of aromatic amines is 1. The molecule has 0 aliphatic heterocycles. The van der Waals surface area contributed by atoms with Crippen LogP contribution in [0, 0.1) is 4.91 Å². The monoisotopic (exact) mass is 155 g/mol. The second-order valence-corrected chi connectivity index (χ2v) is 1.70. The van der Waals surface area contributed by atoms with Gasteiger partial charge in [0.05, 0.1) is 13.3 Å². The van der Waals surface area contributed by atoms with Gasteiger partial charge in [-0.15, -0.1) is 4.91 Å². The van der Waals surface area contributed by atoms with E-state index in [0.29, 0.717) is 0 Å². The Labute approximate surface area is 61.5 Å². The molecular weight excluding hydrogens is 150 g/mol. The number of H-pyrrole nitrogens is 1. The minimum atomic E-state index is -0.680. The van der Waals surface area contributed by atoms with Gasteiger partial charge in [-0.3, -0.25) is 5.10 Å². The van der Waals surface area contributed by atoms with Gasteiger partial charge in [0.2, 0.25) is 0 Å². The lowest BCUT2D eigenvalue weighted by Gasteiger charge is -1.91. The van der Waals surface area contributed by atoms with E-state index < -0.39 is 5.97 Å². The first-order chi connectivity index (χ1) is 5.29. The van der Waals surface area contributed by atoms with Gasteiger partial charge in [0, 0.05) is 0 Å². The van der Waals surface area contributed by atoms with E-state index in [1.54, 1.807) is 0 Å². The number of ether oxygens (including phenoxy) is 1. The van der Waals surface area contributed by atoms with Crippen LogP contribution in [-0.4, -0.2) is 23.3 Å². The van der Waals surface area contributed by atoms with Crippen molar-refractivity contribution in [1.82, 2.24) is 10.2 Å². The molecule has 0 bridgehead atoms. The highest BCUT2D eigenvalue weighted by Crippen LogP contribution is 2.14. The van der Waals surface area contributed by atoms with Crippen LogP contribution < -0.4 is 0 Å². The SMILES string of the molecule is COC(=O)c1n[nH]cc1N=O. The number of nitroso groups, excluding NO2 is 1. The second-order valence-electron chi connectivity index (χ2n) is 1.70. The normalized spacial score (nSPS) is 9.18. The molecule has 0 saturated carbocycles. The van der Waals surface area contributed by atoms with Crippen molar-refractivity contribution in [1.29, 1.82) is 0 Å². The van der Waals surface area contributed by atoms with Gasteiger partial charge in [-0.2, -0.15) is 5.10 Å². The number of methoxy groups -OCH3 is 1. The van der Waals surface area contributed by atoms with Gasteiger partial charge >= 0.3 is 5.97 Å². The van der Waals surface area contributed by atoms with Crippen LogP contribution in [-0.2, 0) is 4.74 Å². The van der Waals surface area contributed by atoms with Crippen molar-refractivity contribution in [2.45, 2.75) is 0 Å². The van der Waals surface area contributed by atoms with Gasteiger partial charge in [0.25, 0.3) is 0 Å². The van der Waals surface area contributed by atoms with E-state index in [1.807, 2.05) is 0 Å². The zero-order chi connectivity index (χ0) is 8.27. The van der Waals surface area contributed by atoms with E-state index in [2.05, 4.69) is 20.1 Å². The molecule has 1 N–H and O–H groups in total. The summed E-state index contributed by atoms with van der Waals surface area (Å²) < 4.78 is 4.32. The minimum Gasteiger partial charge on any atom is -0.464 e. The van der Waals surface area contributed by atoms with Gasteiger partial charge in [-0.1, -0.05) is 0 Å². The highest BCUT2D eigenvalue weighted by molar-refractivity contribution is 5.92. The Balaban J connectivity index is 3.01. The topological polar surface area (TPSA) is 84.4 Å². The van der Waals surface area contributed by atoms with Crippen molar-refractivity contribution in [2.75, 3.05) is 7.11 Å². The first kappa shape index (κ1) is 7.39. The van der Waals surface area contributed by atoms with Crippen LogP contribution in [0.2, 0.25) is 0 Å². The summed E-state index contributed by atoms with van der Waals surface area (Å²) in [6, 6.07) is 0. The predicted octanol–water partition coefficient (Wildman–Crippen LogP) is 0.594. The van der Waals surface area contributed by atoms with Gasteiger partial charge in [0.15, 0.2) is 11.4 Å². The summed E-state index contributed by atoms with van der Waals surface area (Å²) in [5.41, 5.74) is -0.139. The van der Waals surface area contributed by atoms with Crippen LogP contribution in [0.15, 0.2) is 11.4 Å². The average Bonchev–Trinajstić information content (AvgIpc) is 2.50. The molecule has 0 atom stereocenters. The number of esters is 1. The Morgan fingerprint density at radius 2 is 2.55 bits per heavy atom. The molecule has 0 aliphatic carbocycles. The van der Waals surface area contributed by atoms with E-state index in [4.69, 9.17) is 0 Å². The van der Waals surface area contributed by atoms with Crippen molar-refractivity contribution in [3.05, 3.63) is 16.8 Å². The summed E-state index contributed by atoms with van der Waals surface area (Å²) in [4.78, 5) is 20.7. The molecule has 0 aliphatic rings. The summed E-state index contributed by atoms with van der Waals surface area (Å²) in [5, 5.41) is 8.34. The van der Waals surface area contributed by atoms with Crippen molar-refractivity contribution in [3.63, 3.8) is 0 Å². The summed E-state index contributed by atoms with van der Waals surface area (Å²) >= 11 is 0. The van der Waals surface area contributed by atoms with Gasteiger partial charge in [0.1, 0.15) is 0 Å². The van der Waals surface area contributed by atoms with Crippen LogP contribution in [0.25, 0.3) is 0 Å². The molecule has 1 aromatic rings. The Morgan fingerprint density at radius 3 is 3.09 bits per heavy atom. The smallest absolute Gasteiger partial charge is 0.360 e. The fourth-order valence-corrected chi connectivity index (χ4v) is 0.600. The lowest BCUT2D eigenvalue weighted by atomic mass is 10.4. The zero-order valence-electron chi connectivity index (χ0n) is 5.70. The maximum Gasteiger partial charge on any atom is 0.360 e. The zero-order valence-corrected chi connectivity index (χ0v) is 5.70. The maximum absolute atomic E-state index is 10.8. The highest BCUT2D eigenvalue weighted by Gasteiger charge is 2.14. The lowest BCUT2D eigenvalue weighted by molar-refractivity contribution is 0.0595. The standard InChI is InChI=1S/C5H5N3O3/c1-11-5(9)4-3(8-10)2-6-7-4/h2H,1H3,(H,6,7). The number of rotatable bonds is 2. The van der Waals surface area contributed by atoms with Crippen LogP contribution in [0.4, 0.5) is 5.69 Å². The third-order valence-corrected chi connectivity index (χ3v) is 1.10. The molecule has 0 fully saturated rings. The quantitative estimate of drug-likeness (QED) is 0.500. The fourth-order valence-electron chi connectivity index (χ4n) is 0.600. The fraction of sp³-hybridized carbons (Fsp3) is 0.200. The van der Waals surface area contributed by atoms with Crippen molar-refractivity contribution in [3.8, 4) is 0 Å². The second kappa shape index (κ2) is 2.91. The number of aromatic nitrogens is 2. The van der Waals surface area contributed by atoms with E-state index in [0.717, 1.165) is 0 Å². The molecule has 1 heterocycles. The largest absolute Gasteiger partial charge is 0.464 e. The van der Waals surface area contributed by atoms with Crippen LogP contribution >= 0.6 is 0 Å². The molecule has 1 rings (SSSR count). The molecule has 6 nitrogen and oxygen atoms in total. The Bertz CT molecular complexity index is 280.